The van der Waals surface area contributed by atoms with Gasteiger partial charge in [-0.15, -0.1) is 11.8 Å². The summed E-state index contributed by atoms with van der Waals surface area (Å²) >= 11 is 1.78. The molecule has 36 heavy (non-hydrogen) atoms. The van der Waals surface area contributed by atoms with Gasteiger partial charge in [0, 0.05) is 28.8 Å². The SMILES string of the molecule is O=C1OCC2CN3C(=O)c4c(O)c(=O)cc(-c5cccc6c5Cc5ccccc5SC6)n4N[C@@H]3CN12. The second-order valence-corrected chi connectivity index (χ2v) is 10.4. The number of hydrogen-bond acceptors (Lipinski definition) is 7. The summed E-state index contributed by atoms with van der Waals surface area (Å²) in [6, 6.07) is 15.4. The Labute approximate surface area is 210 Å². The van der Waals surface area contributed by atoms with Crippen LogP contribution in [0.15, 0.2) is 58.2 Å². The van der Waals surface area contributed by atoms with Crippen LogP contribution in [0.1, 0.15) is 27.2 Å². The number of benzene rings is 2. The monoisotopic (exact) mass is 502 g/mol. The number of nitrogens with one attached hydrogen (secondary N) is 1. The predicted octanol–water partition coefficient (Wildman–Crippen LogP) is 2.58. The van der Waals surface area contributed by atoms with Gasteiger partial charge in [0.05, 0.1) is 18.3 Å². The van der Waals surface area contributed by atoms with Crippen LogP contribution in [-0.2, 0) is 16.9 Å². The third kappa shape index (κ3) is 3.07. The topological polar surface area (TPSA) is 104 Å². The number of ether oxygens (including phenoxy) is 1. The molecular formula is C26H22N4O5S. The summed E-state index contributed by atoms with van der Waals surface area (Å²) in [4.78, 5) is 43.1. The van der Waals surface area contributed by atoms with Crippen LogP contribution in [0.25, 0.3) is 11.3 Å². The number of thioether (sulfide) groups is 1. The molecule has 5 heterocycles. The number of carbonyl (C=O) groups is 2. The van der Waals surface area contributed by atoms with E-state index in [-0.39, 0.29) is 31.4 Å². The molecule has 7 rings (SSSR count). The molecule has 2 fully saturated rings. The van der Waals surface area contributed by atoms with E-state index in [9.17, 15) is 19.5 Å². The number of fused-ring (bicyclic) bond motifs is 5. The van der Waals surface area contributed by atoms with Crippen molar-refractivity contribution in [1.82, 2.24) is 14.5 Å². The van der Waals surface area contributed by atoms with Gasteiger partial charge in [-0.05, 0) is 29.2 Å². The first-order valence-corrected chi connectivity index (χ1v) is 12.8. The van der Waals surface area contributed by atoms with E-state index in [1.54, 1.807) is 21.6 Å². The van der Waals surface area contributed by atoms with Crippen LogP contribution < -0.4 is 10.9 Å². The third-order valence-corrected chi connectivity index (χ3v) is 8.60. The molecule has 0 bridgehead atoms. The van der Waals surface area contributed by atoms with Crippen molar-refractivity contribution in [1.29, 1.82) is 0 Å². The van der Waals surface area contributed by atoms with Gasteiger partial charge in [-0.1, -0.05) is 36.4 Å². The summed E-state index contributed by atoms with van der Waals surface area (Å²) in [5.74, 6) is -0.243. The Bertz CT molecular complexity index is 1520. The fraction of sp³-hybridized carbons (Fsp3) is 0.269. The standard InChI is InChI=1S/C26H22N4O5S/c31-20-9-19(17-6-3-5-15-13-36-21-7-2-1-4-14(21)8-18(15)17)30-23(24(20)32)25(33)29-10-16-12-35-26(34)28(16)11-22(29)27-30/h1-7,9,16,22,27,32H,8,10-13H2/t16?,22-/m0/s1. The summed E-state index contributed by atoms with van der Waals surface area (Å²) in [5, 5.41) is 10.7. The molecule has 3 aromatic rings. The second-order valence-electron chi connectivity index (χ2n) is 9.43. The molecule has 182 valence electrons. The van der Waals surface area contributed by atoms with E-state index in [0.717, 1.165) is 22.4 Å². The molecule has 2 N–H and O–H groups in total. The fourth-order valence-corrected chi connectivity index (χ4v) is 6.69. The summed E-state index contributed by atoms with van der Waals surface area (Å²) in [6.07, 6.45) is -0.234. The van der Waals surface area contributed by atoms with Gasteiger partial charge in [-0.25, -0.2) is 9.47 Å². The third-order valence-electron chi connectivity index (χ3n) is 7.43. The zero-order valence-corrected chi connectivity index (χ0v) is 20.0. The number of carbonyl (C=O) groups excluding carboxylic acids is 2. The summed E-state index contributed by atoms with van der Waals surface area (Å²) in [5.41, 5.74) is 7.39. The maximum Gasteiger partial charge on any atom is 0.410 e. The predicted molar refractivity (Wildman–Crippen MR) is 133 cm³/mol. The van der Waals surface area contributed by atoms with Crippen molar-refractivity contribution in [3.63, 3.8) is 0 Å². The largest absolute Gasteiger partial charge is 0.502 e. The molecule has 0 radical (unpaired) electrons. The lowest BCUT2D eigenvalue weighted by Crippen LogP contribution is -2.65. The average Bonchev–Trinajstić information content (AvgIpc) is 3.13. The number of amides is 2. The van der Waals surface area contributed by atoms with Gasteiger partial charge in [0.15, 0.2) is 11.4 Å². The quantitative estimate of drug-likeness (QED) is 0.527. The Morgan fingerprint density at radius 2 is 1.83 bits per heavy atom. The van der Waals surface area contributed by atoms with Crippen LogP contribution in [0.5, 0.6) is 5.75 Å². The minimum absolute atomic E-state index is 0.0894. The number of rotatable bonds is 1. The minimum atomic E-state index is -0.608. The molecule has 1 aromatic heterocycles. The second kappa shape index (κ2) is 7.79. The number of hydrogen-bond donors (Lipinski definition) is 2. The number of piperazine rings is 1. The smallest absolute Gasteiger partial charge is 0.410 e. The van der Waals surface area contributed by atoms with Crippen molar-refractivity contribution in [3.05, 3.63) is 81.1 Å². The van der Waals surface area contributed by atoms with Crippen LogP contribution in [0.2, 0.25) is 0 Å². The fourth-order valence-electron chi connectivity index (χ4n) is 5.61. The highest BCUT2D eigenvalue weighted by Gasteiger charge is 2.47. The zero-order chi connectivity index (χ0) is 24.6. The summed E-state index contributed by atoms with van der Waals surface area (Å²) < 4.78 is 6.70. The van der Waals surface area contributed by atoms with Crippen LogP contribution >= 0.6 is 11.8 Å². The Kier molecular flexibility index (Phi) is 4.62. The number of aromatic nitrogens is 1. The van der Waals surface area contributed by atoms with E-state index < -0.39 is 29.3 Å². The number of aromatic hydroxyl groups is 1. The Balaban J connectivity index is 1.38. The highest BCUT2D eigenvalue weighted by atomic mass is 32.2. The van der Waals surface area contributed by atoms with Gasteiger partial charge in [0.25, 0.3) is 5.91 Å². The lowest BCUT2D eigenvalue weighted by Gasteiger charge is -2.46. The van der Waals surface area contributed by atoms with E-state index in [2.05, 4.69) is 23.6 Å². The van der Waals surface area contributed by atoms with Gasteiger partial charge < -0.3 is 20.2 Å². The molecule has 4 aliphatic heterocycles. The number of cyclic esters (lactones) is 1. The summed E-state index contributed by atoms with van der Waals surface area (Å²) in [7, 11) is 0. The van der Waals surface area contributed by atoms with E-state index >= 15 is 0 Å². The van der Waals surface area contributed by atoms with Crippen molar-refractivity contribution < 1.29 is 19.4 Å². The molecule has 0 aliphatic carbocycles. The van der Waals surface area contributed by atoms with Gasteiger partial charge in [0.2, 0.25) is 5.43 Å². The highest BCUT2D eigenvalue weighted by molar-refractivity contribution is 7.98. The number of nitrogens with zero attached hydrogens (tertiary/aromatic N) is 3. The molecule has 9 nitrogen and oxygen atoms in total. The van der Waals surface area contributed by atoms with Crippen LogP contribution in [0.4, 0.5) is 4.79 Å². The van der Waals surface area contributed by atoms with E-state index in [0.29, 0.717) is 12.1 Å². The first-order valence-electron chi connectivity index (χ1n) is 11.8. The first kappa shape index (κ1) is 21.4. The molecule has 0 spiro atoms. The van der Waals surface area contributed by atoms with Crippen molar-refractivity contribution in [2.24, 2.45) is 0 Å². The number of pyridine rings is 1. The molecule has 0 saturated carbocycles. The van der Waals surface area contributed by atoms with Crippen molar-refractivity contribution in [2.75, 3.05) is 25.1 Å². The maximum absolute atomic E-state index is 13.6. The van der Waals surface area contributed by atoms with Crippen LogP contribution in [0, 0.1) is 0 Å². The Morgan fingerprint density at radius 1 is 1.00 bits per heavy atom. The lowest BCUT2D eigenvalue weighted by molar-refractivity contribution is 0.0395. The normalized spacial score (nSPS) is 21.9. The van der Waals surface area contributed by atoms with Crippen LogP contribution in [0.3, 0.4) is 0 Å². The Morgan fingerprint density at radius 3 is 2.72 bits per heavy atom. The van der Waals surface area contributed by atoms with Crippen molar-refractivity contribution in [2.45, 2.75) is 29.3 Å². The minimum Gasteiger partial charge on any atom is -0.502 e. The highest BCUT2D eigenvalue weighted by Crippen LogP contribution is 2.39. The van der Waals surface area contributed by atoms with Gasteiger partial charge in [-0.3, -0.25) is 14.5 Å². The van der Waals surface area contributed by atoms with Crippen LogP contribution in [-0.4, -0.2) is 63.5 Å². The molecular weight excluding hydrogens is 480 g/mol. The van der Waals surface area contributed by atoms with E-state index in [1.807, 2.05) is 24.3 Å². The molecule has 2 amide bonds. The van der Waals surface area contributed by atoms with Crippen molar-refractivity contribution >= 4 is 23.8 Å². The summed E-state index contributed by atoms with van der Waals surface area (Å²) in [6.45, 7) is 0.719. The van der Waals surface area contributed by atoms with Gasteiger partial charge in [-0.2, -0.15) is 0 Å². The molecule has 10 heteroatoms. The lowest BCUT2D eigenvalue weighted by atomic mass is 9.93. The average molecular weight is 503 g/mol. The molecule has 4 aliphatic rings. The molecule has 1 unspecified atom stereocenters. The first-order chi connectivity index (χ1) is 17.5. The molecule has 2 saturated heterocycles. The maximum atomic E-state index is 13.6. The Hall–Kier alpha value is -3.92. The van der Waals surface area contributed by atoms with Gasteiger partial charge >= 0.3 is 6.09 Å². The van der Waals surface area contributed by atoms with Gasteiger partial charge in [0.1, 0.15) is 12.8 Å². The molecule has 2 atom stereocenters. The molecule has 2 aromatic carbocycles. The van der Waals surface area contributed by atoms with E-state index in [4.69, 9.17) is 4.74 Å². The zero-order valence-electron chi connectivity index (χ0n) is 19.1. The van der Waals surface area contributed by atoms with Crippen molar-refractivity contribution in [3.8, 4) is 17.0 Å². The van der Waals surface area contributed by atoms with E-state index in [1.165, 1.54) is 21.2 Å².